The fraction of sp³-hybridized carbons (Fsp3) is 0.0182. The highest BCUT2D eigenvalue weighted by atomic mass is 16.5. The predicted octanol–water partition coefficient (Wildman–Crippen LogP) is 13.9. The molecule has 1 aromatic heterocycles. The van der Waals surface area contributed by atoms with Crippen molar-refractivity contribution in [3.8, 4) is 67.7 Å². The second-order valence-corrected chi connectivity index (χ2v) is 15.3. The molecule has 2 aliphatic rings. The fourth-order valence-electron chi connectivity index (χ4n) is 9.49. The van der Waals surface area contributed by atoms with Crippen LogP contribution in [0, 0.1) is 0 Å². The van der Waals surface area contributed by atoms with Crippen LogP contribution in [0.5, 0.6) is 11.5 Å². The number of hydrogen-bond acceptors (Lipinski definition) is 3. The van der Waals surface area contributed by atoms with Gasteiger partial charge in [-0.25, -0.2) is 9.97 Å². The van der Waals surface area contributed by atoms with Crippen molar-refractivity contribution < 1.29 is 4.74 Å². The molecule has 9 aromatic carbocycles. The minimum absolute atomic E-state index is 0.567. The maximum Gasteiger partial charge on any atom is 0.160 e. The van der Waals surface area contributed by atoms with Crippen LogP contribution >= 0.6 is 0 Å². The van der Waals surface area contributed by atoms with E-state index in [4.69, 9.17) is 14.7 Å². The molecule has 0 N–H and O–H groups in total. The standard InChI is InChI=1S/C55H34N2O/c1-3-15-38(16-4-1)50-34-51(39-17-5-2-6-18-39)57-54(56-50)40-25-23-35(24-26-40)41-29-30-47-45(33-41)44-21-11-12-22-46(44)55(47)48-31-27-36-13-7-9-19-42(36)52(48)58-53-43-20-10-8-14-37(43)28-32-49(53)55/h1-34H. The number of rotatable bonds is 4. The van der Waals surface area contributed by atoms with Gasteiger partial charge in [0.1, 0.15) is 11.5 Å². The third-order valence-corrected chi connectivity index (χ3v) is 12.2. The van der Waals surface area contributed by atoms with Crippen LogP contribution in [-0.4, -0.2) is 9.97 Å². The molecule has 1 spiro atoms. The van der Waals surface area contributed by atoms with Gasteiger partial charge in [-0.2, -0.15) is 0 Å². The highest BCUT2D eigenvalue weighted by Crippen LogP contribution is 2.64. The van der Waals surface area contributed by atoms with Crippen LogP contribution in [-0.2, 0) is 5.41 Å². The van der Waals surface area contributed by atoms with E-state index in [2.05, 4.69) is 194 Å². The quantitative estimate of drug-likeness (QED) is 0.180. The molecule has 0 fully saturated rings. The molecule has 1 aliphatic carbocycles. The van der Waals surface area contributed by atoms with Crippen molar-refractivity contribution >= 4 is 21.5 Å². The van der Waals surface area contributed by atoms with E-state index in [0.29, 0.717) is 5.82 Å². The number of benzene rings is 9. The number of aromatic nitrogens is 2. The molecule has 3 heteroatoms. The molecule has 10 aromatic rings. The molecule has 0 unspecified atom stereocenters. The van der Waals surface area contributed by atoms with E-state index < -0.39 is 5.41 Å². The van der Waals surface area contributed by atoms with Crippen LogP contribution in [0.2, 0.25) is 0 Å². The van der Waals surface area contributed by atoms with Gasteiger partial charge in [0.05, 0.1) is 16.8 Å². The third kappa shape index (κ3) is 4.80. The van der Waals surface area contributed by atoms with Gasteiger partial charge in [-0.05, 0) is 56.3 Å². The van der Waals surface area contributed by atoms with E-state index in [-0.39, 0.29) is 0 Å². The molecule has 0 bridgehead atoms. The smallest absolute Gasteiger partial charge is 0.160 e. The van der Waals surface area contributed by atoms with Crippen molar-refractivity contribution in [1.82, 2.24) is 9.97 Å². The molecule has 270 valence electrons. The zero-order valence-corrected chi connectivity index (χ0v) is 31.4. The predicted molar refractivity (Wildman–Crippen MR) is 236 cm³/mol. The summed E-state index contributed by atoms with van der Waals surface area (Å²) in [6.07, 6.45) is 0. The van der Waals surface area contributed by atoms with Crippen LogP contribution in [0.1, 0.15) is 22.3 Å². The Morgan fingerprint density at radius 2 is 0.810 bits per heavy atom. The Morgan fingerprint density at radius 3 is 1.43 bits per heavy atom. The Morgan fingerprint density at radius 1 is 0.328 bits per heavy atom. The molecule has 0 radical (unpaired) electrons. The van der Waals surface area contributed by atoms with E-state index in [1.165, 1.54) is 44.2 Å². The molecular weight excluding hydrogens is 705 g/mol. The van der Waals surface area contributed by atoms with Crippen LogP contribution in [0.25, 0.3) is 77.7 Å². The average molecular weight is 739 g/mol. The highest BCUT2D eigenvalue weighted by Gasteiger charge is 2.51. The van der Waals surface area contributed by atoms with Gasteiger partial charge in [-0.1, -0.05) is 194 Å². The van der Waals surface area contributed by atoms with Gasteiger partial charge in [0.15, 0.2) is 5.82 Å². The van der Waals surface area contributed by atoms with Gasteiger partial charge in [0.25, 0.3) is 0 Å². The zero-order chi connectivity index (χ0) is 38.2. The summed E-state index contributed by atoms with van der Waals surface area (Å²) in [5.74, 6) is 2.56. The summed E-state index contributed by atoms with van der Waals surface area (Å²) in [7, 11) is 0. The summed E-state index contributed by atoms with van der Waals surface area (Å²) in [5.41, 5.74) is 14.0. The molecule has 2 heterocycles. The lowest BCUT2D eigenvalue weighted by atomic mass is 9.65. The lowest BCUT2D eigenvalue weighted by Crippen LogP contribution is -2.32. The average Bonchev–Trinajstić information content (AvgIpc) is 3.59. The van der Waals surface area contributed by atoms with E-state index in [9.17, 15) is 0 Å². The maximum absolute atomic E-state index is 7.12. The first-order valence-corrected chi connectivity index (χ1v) is 19.8. The van der Waals surface area contributed by atoms with Crippen LogP contribution in [0.4, 0.5) is 0 Å². The molecule has 3 nitrogen and oxygen atoms in total. The van der Waals surface area contributed by atoms with Crippen LogP contribution in [0.15, 0.2) is 206 Å². The third-order valence-electron chi connectivity index (χ3n) is 12.2. The highest BCUT2D eigenvalue weighted by molar-refractivity contribution is 6.00. The molecule has 12 rings (SSSR count). The second kappa shape index (κ2) is 12.7. The molecular formula is C55H34N2O. The monoisotopic (exact) mass is 738 g/mol. The van der Waals surface area contributed by atoms with Gasteiger partial charge in [-0.15, -0.1) is 0 Å². The van der Waals surface area contributed by atoms with Crippen LogP contribution in [0.3, 0.4) is 0 Å². The molecule has 0 saturated carbocycles. The minimum atomic E-state index is -0.567. The second-order valence-electron chi connectivity index (χ2n) is 15.3. The van der Waals surface area contributed by atoms with E-state index in [0.717, 1.165) is 61.5 Å². The van der Waals surface area contributed by atoms with Crippen molar-refractivity contribution in [2.45, 2.75) is 5.41 Å². The van der Waals surface area contributed by atoms with Gasteiger partial charge in [0.2, 0.25) is 0 Å². The first-order chi connectivity index (χ1) is 28.7. The molecule has 0 atom stereocenters. The summed E-state index contributed by atoms with van der Waals surface area (Å²) in [4.78, 5) is 10.2. The molecule has 0 amide bonds. The summed E-state index contributed by atoms with van der Waals surface area (Å²) in [6, 6.07) is 73.7. The van der Waals surface area contributed by atoms with Crippen LogP contribution < -0.4 is 4.74 Å². The molecule has 58 heavy (non-hydrogen) atoms. The van der Waals surface area contributed by atoms with E-state index in [1.807, 2.05) is 12.1 Å². The largest absolute Gasteiger partial charge is 0.455 e. The van der Waals surface area contributed by atoms with Gasteiger partial charge >= 0.3 is 0 Å². The van der Waals surface area contributed by atoms with E-state index >= 15 is 0 Å². The number of hydrogen-bond donors (Lipinski definition) is 0. The molecule has 0 saturated heterocycles. The first-order valence-electron chi connectivity index (χ1n) is 19.8. The Labute approximate surface area is 336 Å². The SMILES string of the molecule is c1ccc(-c2cc(-c3ccccc3)nc(-c3ccc(-c4ccc5c(c4)-c4ccccc4C54c5ccc6ccccc6c5Oc5c4ccc4ccccc54)cc3)n2)cc1. The summed E-state index contributed by atoms with van der Waals surface area (Å²) < 4.78 is 7.12. The fourth-order valence-corrected chi connectivity index (χ4v) is 9.49. The van der Waals surface area contributed by atoms with Gasteiger partial charge in [-0.3, -0.25) is 0 Å². The lowest BCUT2D eigenvalue weighted by molar-refractivity contribution is 0.447. The lowest BCUT2D eigenvalue weighted by Gasteiger charge is -2.40. The summed E-state index contributed by atoms with van der Waals surface area (Å²) in [5, 5.41) is 4.57. The molecule has 1 aliphatic heterocycles. The number of ether oxygens (including phenoxy) is 1. The minimum Gasteiger partial charge on any atom is -0.455 e. The Kier molecular flexibility index (Phi) is 7.14. The summed E-state index contributed by atoms with van der Waals surface area (Å²) in [6.45, 7) is 0. The van der Waals surface area contributed by atoms with Crippen molar-refractivity contribution in [3.63, 3.8) is 0 Å². The maximum atomic E-state index is 7.12. The van der Waals surface area contributed by atoms with Gasteiger partial charge < -0.3 is 4.74 Å². The summed E-state index contributed by atoms with van der Waals surface area (Å²) >= 11 is 0. The van der Waals surface area contributed by atoms with Crippen molar-refractivity contribution in [3.05, 3.63) is 229 Å². The Hall–Kier alpha value is -7.62. The topological polar surface area (TPSA) is 35.0 Å². The van der Waals surface area contributed by atoms with Gasteiger partial charge in [0, 0.05) is 38.6 Å². The first kappa shape index (κ1) is 32.6. The normalized spacial score (nSPS) is 13.1. The number of nitrogens with zero attached hydrogens (tertiary/aromatic N) is 2. The zero-order valence-electron chi connectivity index (χ0n) is 31.4. The van der Waals surface area contributed by atoms with Crippen molar-refractivity contribution in [2.24, 2.45) is 0 Å². The van der Waals surface area contributed by atoms with Crippen molar-refractivity contribution in [1.29, 1.82) is 0 Å². The van der Waals surface area contributed by atoms with Crippen molar-refractivity contribution in [2.75, 3.05) is 0 Å². The number of fused-ring (bicyclic) bond motifs is 13. The Balaban J connectivity index is 1.02. The Bertz CT molecular complexity index is 3100. The van der Waals surface area contributed by atoms with E-state index in [1.54, 1.807) is 0 Å².